The highest BCUT2D eigenvalue weighted by atomic mass is 19.1. The number of hydrogen-bond acceptors (Lipinski definition) is 11. The summed E-state index contributed by atoms with van der Waals surface area (Å²) in [5.41, 5.74) is 1.59. The fraction of sp³-hybridized carbons (Fsp3) is 0.303. The molecule has 46 heavy (non-hydrogen) atoms. The van der Waals surface area contributed by atoms with Gasteiger partial charge < -0.3 is 34.6 Å². The molecule has 2 aromatic carbocycles. The number of nitrogens with zero attached hydrogens (tertiary/aromatic N) is 6. The lowest BCUT2D eigenvalue weighted by Gasteiger charge is -2.32. The molecule has 2 aliphatic rings. The largest absolute Gasteiger partial charge is 0.495 e. The molecule has 0 spiro atoms. The lowest BCUT2D eigenvalue weighted by atomic mass is 10.0. The number of nitriles is 1. The maximum absolute atomic E-state index is 15.4. The Morgan fingerprint density at radius 1 is 1.11 bits per heavy atom. The van der Waals surface area contributed by atoms with E-state index in [2.05, 4.69) is 38.2 Å². The molecule has 13 heteroatoms. The van der Waals surface area contributed by atoms with Gasteiger partial charge in [-0.25, -0.2) is 19.3 Å². The van der Waals surface area contributed by atoms with Crippen molar-refractivity contribution in [2.75, 3.05) is 55.4 Å². The van der Waals surface area contributed by atoms with Crippen molar-refractivity contribution >= 4 is 39.8 Å². The zero-order valence-electron chi connectivity index (χ0n) is 25.3. The summed E-state index contributed by atoms with van der Waals surface area (Å²) in [4.78, 5) is 28.9. The molecule has 4 aromatic rings. The maximum Gasteiger partial charge on any atom is 0.245 e. The fourth-order valence-electron chi connectivity index (χ4n) is 5.55. The minimum atomic E-state index is -0.531. The van der Waals surface area contributed by atoms with Gasteiger partial charge in [0.25, 0.3) is 0 Å². The summed E-state index contributed by atoms with van der Waals surface area (Å²) in [5, 5.41) is 16.5. The lowest BCUT2D eigenvalue weighted by molar-refractivity contribution is -0.126. The zero-order chi connectivity index (χ0) is 32.0. The third kappa shape index (κ3) is 6.77. The van der Waals surface area contributed by atoms with E-state index < -0.39 is 11.9 Å². The first-order valence-electron chi connectivity index (χ1n) is 14.9. The highest BCUT2D eigenvalue weighted by Crippen LogP contribution is 2.35. The monoisotopic (exact) mass is 624 g/mol. The summed E-state index contributed by atoms with van der Waals surface area (Å²) in [5.74, 6) is 1.89. The number of carbonyl (C=O) groups excluding carboxylic acids is 1. The highest BCUT2D eigenvalue weighted by Gasteiger charge is 2.23. The molecule has 2 N–H and O–H groups in total. The lowest BCUT2D eigenvalue weighted by Crippen LogP contribution is -2.42. The number of carbonyl (C=O) groups is 1. The summed E-state index contributed by atoms with van der Waals surface area (Å²) in [6, 6.07) is 13.9. The molecule has 2 aliphatic heterocycles. The van der Waals surface area contributed by atoms with Crippen LogP contribution < -0.4 is 25.0 Å². The van der Waals surface area contributed by atoms with E-state index >= 15 is 4.39 Å². The predicted molar refractivity (Wildman–Crippen MR) is 171 cm³/mol. The van der Waals surface area contributed by atoms with E-state index in [-0.39, 0.29) is 17.6 Å². The number of halogens is 1. The summed E-state index contributed by atoms with van der Waals surface area (Å²) >= 11 is 0. The number of nitrogens with one attached hydrogen (secondary N) is 2. The van der Waals surface area contributed by atoms with Crippen LogP contribution in [0.1, 0.15) is 12.8 Å². The molecule has 0 unspecified atom stereocenters. The first kappa shape index (κ1) is 30.5. The average Bonchev–Trinajstić information content (AvgIpc) is 3.09. The van der Waals surface area contributed by atoms with Crippen LogP contribution in [-0.4, -0.2) is 77.8 Å². The molecule has 2 saturated heterocycles. The number of hydrogen-bond donors (Lipinski definition) is 2. The van der Waals surface area contributed by atoms with E-state index in [1.807, 2.05) is 17.0 Å². The molecule has 4 heterocycles. The second kappa shape index (κ2) is 13.7. The highest BCUT2D eigenvalue weighted by molar-refractivity contribution is 5.95. The topological polar surface area (TPSA) is 138 Å². The second-order valence-corrected chi connectivity index (χ2v) is 10.9. The first-order valence-corrected chi connectivity index (χ1v) is 14.9. The third-order valence-electron chi connectivity index (χ3n) is 7.98. The number of ether oxygens (including phenoxy) is 3. The minimum absolute atomic E-state index is 0.0627. The number of morpholine rings is 1. The van der Waals surface area contributed by atoms with Gasteiger partial charge in [-0.1, -0.05) is 6.58 Å². The van der Waals surface area contributed by atoms with Crippen molar-refractivity contribution in [2.45, 2.75) is 25.0 Å². The van der Waals surface area contributed by atoms with Crippen LogP contribution in [0, 0.1) is 17.1 Å². The van der Waals surface area contributed by atoms with Crippen molar-refractivity contribution in [2.24, 2.45) is 0 Å². The summed E-state index contributed by atoms with van der Waals surface area (Å²) in [7, 11) is 1.59. The Labute approximate surface area is 265 Å². The Morgan fingerprint density at radius 3 is 2.70 bits per heavy atom. The molecule has 0 aliphatic carbocycles. The van der Waals surface area contributed by atoms with Crippen LogP contribution in [0.2, 0.25) is 0 Å². The van der Waals surface area contributed by atoms with Gasteiger partial charge in [-0.2, -0.15) is 5.26 Å². The number of benzene rings is 2. The van der Waals surface area contributed by atoms with Crippen molar-refractivity contribution in [3.63, 3.8) is 0 Å². The Balaban J connectivity index is 1.17. The van der Waals surface area contributed by atoms with Crippen molar-refractivity contribution in [3.8, 4) is 23.3 Å². The molecule has 6 rings (SSSR count). The molecule has 2 aromatic heterocycles. The van der Waals surface area contributed by atoms with Crippen LogP contribution in [0.3, 0.4) is 0 Å². The third-order valence-corrected chi connectivity index (χ3v) is 7.98. The summed E-state index contributed by atoms with van der Waals surface area (Å²) in [6.45, 7) is 6.27. The quantitative estimate of drug-likeness (QED) is 0.243. The van der Waals surface area contributed by atoms with Gasteiger partial charge >= 0.3 is 0 Å². The van der Waals surface area contributed by atoms with Gasteiger partial charge in [0.2, 0.25) is 5.91 Å². The number of piperidine rings is 1. The average molecular weight is 625 g/mol. The Hall–Kier alpha value is -5.48. The van der Waals surface area contributed by atoms with E-state index in [1.54, 1.807) is 42.5 Å². The van der Waals surface area contributed by atoms with E-state index in [0.29, 0.717) is 72.6 Å². The summed E-state index contributed by atoms with van der Waals surface area (Å²) in [6.07, 6.45) is 5.38. The number of pyridine rings is 1. The minimum Gasteiger partial charge on any atom is -0.495 e. The van der Waals surface area contributed by atoms with Crippen LogP contribution in [0.4, 0.5) is 27.4 Å². The number of methoxy groups -OCH3 is 1. The van der Waals surface area contributed by atoms with Crippen LogP contribution >= 0.6 is 0 Å². The van der Waals surface area contributed by atoms with E-state index in [9.17, 15) is 10.1 Å². The Kier molecular flexibility index (Phi) is 9.07. The van der Waals surface area contributed by atoms with Gasteiger partial charge in [-0.05, 0) is 43.2 Å². The number of likely N-dealkylation sites (tertiary alicyclic amines) is 1. The van der Waals surface area contributed by atoms with Crippen molar-refractivity contribution < 1.29 is 23.4 Å². The molecule has 0 saturated carbocycles. The molecule has 1 atom stereocenters. The smallest absolute Gasteiger partial charge is 0.245 e. The standard InChI is InChI=1S/C33H33FN8O4/c1-3-32(43)41-10-7-21(8-11-41)39-29-16-25-28(17-30(29)44-2)37-20-38-33(25)40-27-5-4-22(14-26(27)34)46-23-6-9-36-31(15-23)42-12-13-45-24(18-35)19-42/h3-6,9,14-17,20-21,24,39H,1,7-8,10-13,19H2,2H3,(H,37,38,40)/t24-/m1/s1. The van der Waals surface area contributed by atoms with Crippen LogP contribution in [0.15, 0.2) is 67.6 Å². The van der Waals surface area contributed by atoms with Gasteiger partial charge in [-0.15, -0.1) is 0 Å². The molecular weight excluding hydrogens is 591 g/mol. The number of fused-ring (bicyclic) bond motifs is 1. The van der Waals surface area contributed by atoms with E-state index in [0.717, 1.165) is 18.5 Å². The normalized spacial score (nSPS) is 16.8. The summed E-state index contributed by atoms with van der Waals surface area (Å²) < 4.78 is 32.4. The van der Waals surface area contributed by atoms with Gasteiger partial charge in [-0.3, -0.25) is 4.79 Å². The Bertz CT molecular complexity index is 1790. The zero-order valence-corrected chi connectivity index (χ0v) is 25.3. The molecule has 0 bridgehead atoms. The van der Waals surface area contributed by atoms with Gasteiger partial charge in [0.15, 0.2) is 6.10 Å². The van der Waals surface area contributed by atoms with Gasteiger partial charge in [0, 0.05) is 55.5 Å². The molecule has 0 radical (unpaired) electrons. The molecule has 236 valence electrons. The number of aromatic nitrogens is 3. The first-order chi connectivity index (χ1) is 22.4. The van der Waals surface area contributed by atoms with Crippen molar-refractivity contribution in [1.29, 1.82) is 5.26 Å². The SMILES string of the molecule is C=CC(=O)N1CCC(Nc2cc3c(Nc4ccc(Oc5ccnc(N6CCO[C@H](C#N)C6)c5)cc4F)ncnc3cc2OC)CC1. The van der Waals surface area contributed by atoms with Crippen LogP contribution in [0.5, 0.6) is 17.2 Å². The maximum atomic E-state index is 15.4. The van der Waals surface area contributed by atoms with Crippen molar-refractivity contribution in [1.82, 2.24) is 19.9 Å². The van der Waals surface area contributed by atoms with Gasteiger partial charge in [0.1, 0.15) is 41.0 Å². The molecular formula is C33H33FN8O4. The van der Waals surface area contributed by atoms with E-state index in [1.165, 1.54) is 18.5 Å². The molecule has 12 nitrogen and oxygen atoms in total. The fourth-order valence-corrected chi connectivity index (χ4v) is 5.55. The predicted octanol–water partition coefficient (Wildman–Crippen LogP) is 5.03. The molecule has 1 amide bonds. The van der Waals surface area contributed by atoms with Crippen molar-refractivity contribution in [3.05, 3.63) is 73.5 Å². The number of rotatable bonds is 9. The van der Waals surface area contributed by atoms with Gasteiger partial charge in [0.05, 0.1) is 43.2 Å². The Morgan fingerprint density at radius 2 is 1.93 bits per heavy atom. The second-order valence-electron chi connectivity index (χ2n) is 10.9. The van der Waals surface area contributed by atoms with Crippen LogP contribution in [-0.2, 0) is 9.53 Å². The number of anilines is 4. The van der Waals surface area contributed by atoms with E-state index in [4.69, 9.17) is 14.2 Å². The number of amides is 1. The molecule has 2 fully saturated rings. The van der Waals surface area contributed by atoms with Crippen LogP contribution in [0.25, 0.3) is 10.9 Å².